The highest BCUT2D eigenvalue weighted by Gasteiger charge is 2.21. The maximum Gasteiger partial charge on any atom is 0.164 e. The Balaban J connectivity index is 1.16. The minimum Gasteiger partial charge on any atom is -0.312 e. The molecule has 3 aromatic heterocycles. The summed E-state index contributed by atoms with van der Waals surface area (Å²) in [5.74, 6) is 2.13. The lowest BCUT2D eigenvalue weighted by molar-refractivity contribution is 0.955. The lowest BCUT2D eigenvalue weighted by Gasteiger charge is -2.18. The van der Waals surface area contributed by atoms with E-state index in [1.807, 2.05) is 29.5 Å². The van der Waals surface area contributed by atoms with Crippen LogP contribution >= 0.6 is 11.3 Å². The van der Waals surface area contributed by atoms with Gasteiger partial charge in [-0.3, -0.25) is 0 Å². The molecule has 0 spiro atoms. The first-order valence-electron chi connectivity index (χ1n) is 16.3. The van der Waals surface area contributed by atoms with Gasteiger partial charge in [0, 0.05) is 53.2 Å². The van der Waals surface area contributed by atoms with Gasteiger partial charge in [0.15, 0.2) is 17.5 Å². The van der Waals surface area contributed by atoms with Crippen LogP contribution in [-0.2, 0) is 0 Å². The third-order valence-corrected chi connectivity index (χ3v) is 10.7. The standard InChI is InChI=1S/C43H28N4S/c1-2-12-28(13-3-1)41-44-42(46-43(45-41)35-17-10-20-38-39(35)34-16-7-9-19-37(34)48-38)29-21-24-30(25-22-29)47-36-18-8-6-15-32(36)33-26-23-27-11-4-5-14-31(27)40(33)47/h1-21,23-24,26H,22,25H2. The number of nitrogens with zero attached hydrogens (tertiary/aromatic N) is 4. The van der Waals surface area contributed by atoms with Crippen molar-refractivity contribution in [3.63, 3.8) is 0 Å². The molecule has 9 aromatic rings. The summed E-state index contributed by atoms with van der Waals surface area (Å²) in [4.78, 5) is 15.4. The normalized spacial score (nSPS) is 13.5. The summed E-state index contributed by atoms with van der Waals surface area (Å²) < 4.78 is 4.97. The van der Waals surface area contributed by atoms with Gasteiger partial charge in [-0.25, -0.2) is 15.0 Å². The Morgan fingerprint density at radius 2 is 1.23 bits per heavy atom. The third kappa shape index (κ3) is 4.25. The molecule has 0 N–H and O–H groups in total. The second-order valence-corrected chi connectivity index (χ2v) is 13.4. The molecule has 0 saturated heterocycles. The van der Waals surface area contributed by atoms with E-state index in [0.717, 1.165) is 35.4 Å². The number of allylic oxidation sites excluding steroid dienone is 4. The van der Waals surface area contributed by atoms with Crippen LogP contribution in [0, 0.1) is 0 Å². The van der Waals surface area contributed by atoms with E-state index >= 15 is 0 Å². The first kappa shape index (κ1) is 27.2. The quantitative estimate of drug-likeness (QED) is 0.194. The molecule has 48 heavy (non-hydrogen) atoms. The molecule has 0 saturated carbocycles. The Morgan fingerprint density at radius 1 is 0.500 bits per heavy atom. The van der Waals surface area contributed by atoms with E-state index in [2.05, 4.69) is 132 Å². The smallest absolute Gasteiger partial charge is 0.164 e. The largest absolute Gasteiger partial charge is 0.312 e. The number of aromatic nitrogens is 4. The Bertz CT molecular complexity index is 2780. The first-order chi connectivity index (χ1) is 23.8. The summed E-state index contributed by atoms with van der Waals surface area (Å²) in [6.45, 7) is 0. The fourth-order valence-corrected chi connectivity index (χ4v) is 8.48. The van der Waals surface area contributed by atoms with Crippen LogP contribution in [0.15, 0.2) is 146 Å². The molecular weight excluding hydrogens is 605 g/mol. The zero-order valence-electron chi connectivity index (χ0n) is 26.0. The molecule has 0 fully saturated rings. The fraction of sp³-hybridized carbons (Fsp3) is 0.0465. The molecule has 0 unspecified atom stereocenters. The second kappa shape index (κ2) is 10.8. The van der Waals surface area contributed by atoms with E-state index in [0.29, 0.717) is 11.6 Å². The van der Waals surface area contributed by atoms with Gasteiger partial charge in [0.05, 0.1) is 11.0 Å². The van der Waals surface area contributed by atoms with Gasteiger partial charge in [-0.15, -0.1) is 11.3 Å². The minimum atomic E-state index is 0.691. The molecule has 4 nitrogen and oxygen atoms in total. The number of rotatable bonds is 4. The van der Waals surface area contributed by atoms with Crippen molar-refractivity contribution in [2.75, 3.05) is 0 Å². The lowest BCUT2D eigenvalue weighted by Crippen LogP contribution is -2.06. The number of fused-ring (bicyclic) bond motifs is 8. The molecule has 5 heteroatoms. The Kier molecular flexibility index (Phi) is 6.14. The van der Waals surface area contributed by atoms with Gasteiger partial charge < -0.3 is 4.57 Å². The number of hydrogen-bond acceptors (Lipinski definition) is 4. The van der Waals surface area contributed by atoms with Gasteiger partial charge >= 0.3 is 0 Å². The van der Waals surface area contributed by atoms with Crippen molar-refractivity contribution in [1.82, 2.24) is 19.5 Å². The highest BCUT2D eigenvalue weighted by atomic mass is 32.1. The molecule has 6 aromatic carbocycles. The summed E-state index contributed by atoms with van der Waals surface area (Å²) in [6, 6.07) is 47.3. The predicted molar refractivity (Wildman–Crippen MR) is 202 cm³/mol. The van der Waals surface area contributed by atoms with Gasteiger partial charge in [-0.1, -0.05) is 121 Å². The molecule has 3 heterocycles. The third-order valence-electron chi connectivity index (χ3n) is 9.57. The van der Waals surface area contributed by atoms with Crippen molar-refractivity contribution >= 4 is 75.4 Å². The molecule has 1 aliphatic rings. The van der Waals surface area contributed by atoms with Crippen LogP contribution in [-0.4, -0.2) is 19.5 Å². The molecule has 10 rings (SSSR count). The van der Waals surface area contributed by atoms with Crippen LogP contribution < -0.4 is 0 Å². The molecule has 0 amide bonds. The number of para-hydroxylation sites is 1. The highest BCUT2D eigenvalue weighted by Crippen LogP contribution is 2.41. The van der Waals surface area contributed by atoms with Gasteiger partial charge in [0.25, 0.3) is 0 Å². The average Bonchev–Trinajstić information content (AvgIpc) is 3.71. The van der Waals surface area contributed by atoms with Crippen LogP contribution in [0.3, 0.4) is 0 Å². The van der Waals surface area contributed by atoms with E-state index in [1.165, 1.54) is 58.4 Å². The van der Waals surface area contributed by atoms with Crippen LogP contribution in [0.2, 0.25) is 0 Å². The van der Waals surface area contributed by atoms with Gasteiger partial charge in [-0.2, -0.15) is 0 Å². The van der Waals surface area contributed by atoms with E-state index < -0.39 is 0 Å². The van der Waals surface area contributed by atoms with Gasteiger partial charge in [0.1, 0.15) is 0 Å². The van der Waals surface area contributed by atoms with Crippen LogP contribution in [0.1, 0.15) is 18.7 Å². The number of benzene rings is 6. The Labute approximate surface area is 281 Å². The van der Waals surface area contributed by atoms with Crippen molar-refractivity contribution in [2.24, 2.45) is 0 Å². The average molecular weight is 633 g/mol. The molecule has 0 bridgehead atoms. The zero-order valence-corrected chi connectivity index (χ0v) is 26.8. The van der Waals surface area contributed by atoms with Crippen molar-refractivity contribution in [2.45, 2.75) is 12.8 Å². The summed E-state index contributed by atoms with van der Waals surface area (Å²) in [6.07, 6.45) is 6.19. The summed E-state index contributed by atoms with van der Waals surface area (Å²) in [7, 11) is 0. The highest BCUT2D eigenvalue weighted by molar-refractivity contribution is 7.25. The SMILES string of the molecule is C1=C(c2nc(-c3ccccc3)nc(-c3cccc4sc5ccccc5c34)n2)CCC(n2c3ccccc3c3ccc4ccccc4c32)=C1. The number of hydrogen-bond donors (Lipinski definition) is 0. The molecular formula is C43H28N4S. The molecule has 226 valence electrons. The monoisotopic (exact) mass is 632 g/mol. The van der Waals surface area contributed by atoms with Gasteiger partial charge in [-0.05, 0) is 48.1 Å². The Morgan fingerprint density at radius 3 is 2.10 bits per heavy atom. The van der Waals surface area contributed by atoms with Crippen LogP contribution in [0.5, 0.6) is 0 Å². The van der Waals surface area contributed by atoms with Crippen molar-refractivity contribution < 1.29 is 0 Å². The zero-order chi connectivity index (χ0) is 31.6. The molecule has 1 aliphatic carbocycles. The topological polar surface area (TPSA) is 43.6 Å². The summed E-state index contributed by atoms with van der Waals surface area (Å²) in [5, 5.41) is 7.52. The van der Waals surface area contributed by atoms with Crippen molar-refractivity contribution in [1.29, 1.82) is 0 Å². The van der Waals surface area contributed by atoms with E-state index in [9.17, 15) is 0 Å². The fourth-order valence-electron chi connectivity index (χ4n) is 7.34. The Hall–Kier alpha value is -5.91. The van der Waals surface area contributed by atoms with E-state index in [1.54, 1.807) is 0 Å². The minimum absolute atomic E-state index is 0.691. The van der Waals surface area contributed by atoms with Crippen molar-refractivity contribution in [3.05, 3.63) is 151 Å². The number of thiophene rings is 1. The van der Waals surface area contributed by atoms with Crippen LogP contribution in [0.25, 0.3) is 86.8 Å². The second-order valence-electron chi connectivity index (χ2n) is 12.3. The predicted octanol–water partition coefficient (Wildman–Crippen LogP) is 11.6. The van der Waals surface area contributed by atoms with E-state index in [4.69, 9.17) is 15.0 Å². The molecule has 0 radical (unpaired) electrons. The van der Waals surface area contributed by atoms with Gasteiger partial charge in [0.2, 0.25) is 0 Å². The van der Waals surface area contributed by atoms with Crippen molar-refractivity contribution in [3.8, 4) is 22.8 Å². The van der Waals surface area contributed by atoms with E-state index in [-0.39, 0.29) is 0 Å². The lowest BCUT2D eigenvalue weighted by atomic mass is 10.0. The maximum absolute atomic E-state index is 5.20. The summed E-state index contributed by atoms with van der Waals surface area (Å²) >= 11 is 1.81. The molecule has 0 atom stereocenters. The maximum atomic E-state index is 5.20. The van der Waals surface area contributed by atoms with Crippen LogP contribution in [0.4, 0.5) is 0 Å². The summed E-state index contributed by atoms with van der Waals surface area (Å²) in [5.41, 5.74) is 6.91. The molecule has 0 aliphatic heterocycles. The first-order valence-corrected chi connectivity index (χ1v) is 17.2.